The molecule has 0 amide bonds. The third-order valence-corrected chi connectivity index (χ3v) is 3.94. The molecular weight excluding hydrogens is 278 g/mol. The molecule has 0 bridgehead atoms. The predicted octanol–water partition coefficient (Wildman–Crippen LogP) is 0.589. The Morgan fingerprint density at radius 1 is 1.20 bits per heavy atom. The largest absolute Gasteiger partial charge is 0.392 e. The van der Waals surface area contributed by atoms with E-state index in [1.165, 1.54) is 6.33 Å². The molecule has 0 spiro atoms. The summed E-state index contributed by atoms with van der Waals surface area (Å²) in [6.45, 7) is 0.0206. The molecular formula is C13H15N3O3S. The van der Waals surface area contributed by atoms with Crippen molar-refractivity contribution in [3.05, 3.63) is 59.7 Å². The second-order valence-corrected chi connectivity index (χ2v) is 6.07. The van der Waals surface area contributed by atoms with E-state index in [9.17, 15) is 8.42 Å². The van der Waals surface area contributed by atoms with Gasteiger partial charge in [-0.25, -0.2) is 23.1 Å². The zero-order valence-electron chi connectivity index (χ0n) is 10.7. The number of benzene rings is 1. The molecule has 0 radical (unpaired) electrons. The molecule has 20 heavy (non-hydrogen) atoms. The van der Waals surface area contributed by atoms with E-state index >= 15 is 0 Å². The van der Waals surface area contributed by atoms with Gasteiger partial charge in [-0.1, -0.05) is 24.3 Å². The topological polar surface area (TPSA) is 92.2 Å². The highest BCUT2D eigenvalue weighted by Gasteiger charge is 2.11. The molecule has 106 valence electrons. The zero-order valence-corrected chi connectivity index (χ0v) is 11.5. The van der Waals surface area contributed by atoms with Gasteiger partial charge in [0.25, 0.3) is 0 Å². The summed E-state index contributed by atoms with van der Waals surface area (Å²) in [5.41, 5.74) is 1.92. The lowest BCUT2D eigenvalue weighted by atomic mass is 10.1. The van der Waals surface area contributed by atoms with Crippen molar-refractivity contribution in [2.24, 2.45) is 0 Å². The van der Waals surface area contributed by atoms with Gasteiger partial charge in [0.1, 0.15) is 6.33 Å². The fourth-order valence-electron chi connectivity index (χ4n) is 1.69. The quantitative estimate of drug-likeness (QED) is 0.813. The van der Waals surface area contributed by atoms with Gasteiger partial charge in [-0.15, -0.1) is 0 Å². The summed E-state index contributed by atoms with van der Waals surface area (Å²) in [5.74, 6) is -0.133. The fraction of sp³-hybridized carbons (Fsp3) is 0.231. The van der Waals surface area contributed by atoms with Gasteiger partial charge in [0.05, 0.1) is 24.6 Å². The summed E-state index contributed by atoms with van der Waals surface area (Å²) in [4.78, 5) is 7.71. The minimum atomic E-state index is -3.45. The van der Waals surface area contributed by atoms with Crippen LogP contribution in [-0.2, 0) is 28.9 Å². The summed E-state index contributed by atoms with van der Waals surface area (Å²) < 4.78 is 26.4. The van der Waals surface area contributed by atoms with Gasteiger partial charge in [-0.2, -0.15) is 0 Å². The number of hydrogen-bond donors (Lipinski definition) is 2. The van der Waals surface area contributed by atoms with Crippen LogP contribution >= 0.6 is 0 Å². The molecule has 1 heterocycles. The van der Waals surface area contributed by atoms with Crippen molar-refractivity contribution in [3.63, 3.8) is 0 Å². The SMILES string of the molecule is O=S(=O)(Cc1cccc(CO)c1)NCc1ccncn1. The lowest BCUT2D eigenvalue weighted by molar-refractivity contribution is 0.282. The third kappa shape index (κ3) is 4.37. The van der Waals surface area contributed by atoms with E-state index in [2.05, 4.69) is 14.7 Å². The van der Waals surface area contributed by atoms with Crippen molar-refractivity contribution in [2.45, 2.75) is 18.9 Å². The van der Waals surface area contributed by atoms with E-state index in [0.717, 1.165) is 0 Å². The standard InChI is InChI=1S/C13H15N3O3S/c17-8-11-2-1-3-12(6-11)9-20(18,19)16-7-13-4-5-14-10-15-13/h1-6,10,16-17H,7-9H2. The van der Waals surface area contributed by atoms with Crippen molar-refractivity contribution < 1.29 is 13.5 Å². The van der Waals surface area contributed by atoms with Gasteiger partial charge < -0.3 is 5.11 Å². The summed E-state index contributed by atoms with van der Waals surface area (Å²) in [7, 11) is -3.45. The molecule has 0 aliphatic rings. The summed E-state index contributed by atoms with van der Waals surface area (Å²) in [6.07, 6.45) is 2.93. The molecule has 2 rings (SSSR count). The first-order chi connectivity index (χ1) is 9.59. The highest BCUT2D eigenvalue weighted by Crippen LogP contribution is 2.09. The van der Waals surface area contributed by atoms with Crippen LogP contribution in [0.3, 0.4) is 0 Å². The van der Waals surface area contributed by atoms with Gasteiger partial charge in [-0.3, -0.25) is 0 Å². The first-order valence-electron chi connectivity index (χ1n) is 6.00. The molecule has 7 heteroatoms. The minimum Gasteiger partial charge on any atom is -0.392 e. The number of sulfonamides is 1. The Balaban J connectivity index is 2.00. The maximum Gasteiger partial charge on any atom is 0.216 e. The van der Waals surface area contributed by atoms with Crippen LogP contribution in [-0.4, -0.2) is 23.5 Å². The van der Waals surface area contributed by atoms with E-state index in [0.29, 0.717) is 16.8 Å². The van der Waals surface area contributed by atoms with E-state index in [4.69, 9.17) is 5.11 Å². The van der Waals surface area contributed by atoms with Crippen LogP contribution in [0, 0.1) is 0 Å². The number of aliphatic hydroxyl groups excluding tert-OH is 1. The van der Waals surface area contributed by atoms with Crippen LogP contribution in [0.5, 0.6) is 0 Å². The molecule has 0 unspecified atom stereocenters. The van der Waals surface area contributed by atoms with Crippen LogP contribution in [0.15, 0.2) is 42.9 Å². The molecule has 0 saturated heterocycles. The van der Waals surface area contributed by atoms with Gasteiger partial charge >= 0.3 is 0 Å². The lowest BCUT2D eigenvalue weighted by Gasteiger charge is -2.07. The van der Waals surface area contributed by atoms with Gasteiger partial charge in [0.15, 0.2) is 0 Å². The van der Waals surface area contributed by atoms with E-state index in [1.807, 2.05) is 0 Å². The first-order valence-corrected chi connectivity index (χ1v) is 7.65. The Kier molecular flexibility index (Phi) is 4.78. The molecule has 6 nitrogen and oxygen atoms in total. The van der Waals surface area contributed by atoms with Crippen molar-refractivity contribution in [2.75, 3.05) is 0 Å². The first kappa shape index (κ1) is 14.6. The van der Waals surface area contributed by atoms with Crippen molar-refractivity contribution >= 4 is 10.0 Å². The van der Waals surface area contributed by atoms with Crippen LogP contribution in [0.2, 0.25) is 0 Å². The van der Waals surface area contributed by atoms with Crippen LogP contribution < -0.4 is 4.72 Å². The summed E-state index contributed by atoms with van der Waals surface area (Å²) >= 11 is 0. The molecule has 0 aliphatic carbocycles. The Morgan fingerprint density at radius 3 is 2.70 bits per heavy atom. The van der Waals surface area contributed by atoms with Crippen LogP contribution in [0.1, 0.15) is 16.8 Å². The van der Waals surface area contributed by atoms with Crippen molar-refractivity contribution in [1.29, 1.82) is 0 Å². The van der Waals surface area contributed by atoms with Gasteiger partial charge in [-0.05, 0) is 17.2 Å². The third-order valence-electron chi connectivity index (χ3n) is 2.65. The average Bonchev–Trinajstić information content (AvgIpc) is 2.46. The number of aliphatic hydroxyl groups is 1. The minimum absolute atomic E-state index is 0.109. The number of aromatic nitrogens is 2. The lowest BCUT2D eigenvalue weighted by Crippen LogP contribution is -2.25. The number of rotatable bonds is 6. The fourth-order valence-corrected chi connectivity index (χ4v) is 2.78. The molecule has 0 aliphatic heterocycles. The molecule has 1 aromatic heterocycles. The highest BCUT2D eigenvalue weighted by atomic mass is 32.2. The Hall–Kier alpha value is -1.83. The molecule has 0 atom stereocenters. The maximum atomic E-state index is 12.0. The van der Waals surface area contributed by atoms with Crippen molar-refractivity contribution in [3.8, 4) is 0 Å². The smallest absolute Gasteiger partial charge is 0.216 e. The number of nitrogens with zero attached hydrogens (tertiary/aromatic N) is 2. The van der Waals surface area contributed by atoms with Crippen LogP contribution in [0.25, 0.3) is 0 Å². The second-order valence-electron chi connectivity index (χ2n) is 4.26. The average molecular weight is 293 g/mol. The molecule has 1 aromatic carbocycles. The Labute approximate surface area is 117 Å². The molecule has 0 saturated carbocycles. The maximum absolute atomic E-state index is 12.0. The Bertz CT molecular complexity index is 660. The van der Waals surface area contributed by atoms with E-state index in [-0.39, 0.29) is 18.9 Å². The molecule has 2 N–H and O–H groups in total. The van der Waals surface area contributed by atoms with Gasteiger partial charge in [0.2, 0.25) is 10.0 Å². The van der Waals surface area contributed by atoms with E-state index < -0.39 is 10.0 Å². The Morgan fingerprint density at radius 2 is 2.00 bits per heavy atom. The van der Waals surface area contributed by atoms with Crippen molar-refractivity contribution in [1.82, 2.24) is 14.7 Å². The highest BCUT2D eigenvalue weighted by molar-refractivity contribution is 7.88. The monoisotopic (exact) mass is 293 g/mol. The summed E-state index contributed by atoms with van der Waals surface area (Å²) in [6, 6.07) is 8.49. The molecule has 0 fully saturated rings. The number of nitrogens with one attached hydrogen (secondary N) is 1. The van der Waals surface area contributed by atoms with E-state index in [1.54, 1.807) is 36.5 Å². The normalized spacial score (nSPS) is 11.4. The predicted molar refractivity (Wildman–Crippen MR) is 73.9 cm³/mol. The summed E-state index contributed by atoms with van der Waals surface area (Å²) in [5, 5.41) is 9.03. The van der Waals surface area contributed by atoms with Crippen LogP contribution in [0.4, 0.5) is 0 Å². The van der Waals surface area contributed by atoms with Gasteiger partial charge in [0, 0.05) is 6.20 Å². The molecule has 2 aromatic rings. The number of hydrogen-bond acceptors (Lipinski definition) is 5. The second kappa shape index (κ2) is 6.56. The zero-order chi connectivity index (χ0) is 14.4.